The van der Waals surface area contributed by atoms with Gasteiger partial charge >= 0.3 is 0 Å². The number of hydrogen-bond acceptors (Lipinski definition) is 4. The highest BCUT2D eigenvalue weighted by atomic mass is 32.2. The van der Waals surface area contributed by atoms with E-state index in [1.54, 1.807) is 11.9 Å². The highest BCUT2D eigenvalue weighted by Gasteiger charge is 2.36. The summed E-state index contributed by atoms with van der Waals surface area (Å²) in [6.07, 6.45) is 0.527. The standard InChI is InChI=1S/C15H22N2O3S/c1-16(2)14(12-7-5-4-6-8-12)15(18)17(3)13-9-10-21(19,20)11-13/h4-8,13-14H,9-11H2,1-3H3. The third-order valence-electron chi connectivity index (χ3n) is 3.97. The minimum atomic E-state index is -2.99. The molecule has 1 aliphatic heterocycles. The first-order chi connectivity index (χ1) is 9.82. The van der Waals surface area contributed by atoms with Gasteiger partial charge in [-0.05, 0) is 26.1 Å². The van der Waals surface area contributed by atoms with Crippen LogP contribution >= 0.6 is 0 Å². The minimum absolute atomic E-state index is 0.0618. The lowest BCUT2D eigenvalue weighted by Gasteiger charge is -2.31. The summed E-state index contributed by atoms with van der Waals surface area (Å²) in [6.45, 7) is 0. The van der Waals surface area contributed by atoms with Crippen LogP contribution in [0.5, 0.6) is 0 Å². The maximum Gasteiger partial charge on any atom is 0.244 e. The summed E-state index contributed by atoms with van der Waals surface area (Å²) in [4.78, 5) is 16.2. The predicted octanol–water partition coefficient (Wildman–Crippen LogP) is 0.935. The van der Waals surface area contributed by atoms with Gasteiger partial charge in [0.2, 0.25) is 5.91 Å². The number of likely N-dealkylation sites (N-methyl/N-ethyl adjacent to an activating group) is 2. The molecule has 2 unspecified atom stereocenters. The van der Waals surface area contributed by atoms with Crippen molar-refractivity contribution in [1.29, 1.82) is 0 Å². The molecular formula is C15H22N2O3S. The molecule has 0 N–H and O–H groups in total. The molecule has 1 aromatic rings. The van der Waals surface area contributed by atoms with Crippen molar-refractivity contribution in [3.8, 4) is 0 Å². The van der Waals surface area contributed by atoms with Crippen LogP contribution in [0.4, 0.5) is 0 Å². The van der Waals surface area contributed by atoms with E-state index in [0.717, 1.165) is 5.56 Å². The minimum Gasteiger partial charge on any atom is -0.340 e. The van der Waals surface area contributed by atoms with E-state index in [0.29, 0.717) is 6.42 Å². The predicted molar refractivity (Wildman–Crippen MR) is 82.7 cm³/mol. The van der Waals surface area contributed by atoms with Gasteiger partial charge in [-0.25, -0.2) is 8.42 Å². The van der Waals surface area contributed by atoms with Crippen LogP contribution in [0.1, 0.15) is 18.0 Å². The Morgan fingerprint density at radius 1 is 1.19 bits per heavy atom. The van der Waals surface area contributed by atoms with Gasteiger partial charge in [-0.15, -0.1) is 0 Å². The van der Waals surface area contributed by atoms with Crippen molar-refractivity contribution in [2.24, 2.45) is 0 Å². The zero-order valence-electron chi connectivity index (χ0n) is 12.7. The second-order valence-electron chi connectivity index (χ2n) is 5.78. The molecule has 2 atom stereocenters. The van der Waals surface area contributed by atoms with Crippen molar-refractivity contribution in [3.63, 3.8) is 0 Å². The zero-order valence-corrected chi connectivity index (χ0v) is 13.5. The summed E-state index contributed by atoms with van der Waals surface area (Å²) >= 11 is 0. The van der Waals surface area contributed by atoms with E-state index in [2.05, 4.69) is 0 Å². The molecule has 1 saturated heterocycles. The molecule has 1 aliphatic rings. The Labute approximate surface area is 126 Å². The number of carbonyl (C=O) groups excluding carboxylic acids is 1. The average Bonchev–Trinajstić information content (AvgIpc) is 2.79. The molecule has 6 heteroatoms. The topological polar surface area (TPSA) is 57.7 Å². The first-order valence-electron chi connectivity index (χ1n) is 7.00. The van der Waals surface area contributed by atoms with Crippen LogP contribution in [-0.2, 0) is 14.6 Å². The van der Waals surface area contributed by atoms with Crippen LogP contribution < -0.4 is 0 Å². The van der Waals surface area contributed by atoms with Crippen molar-refractivity contribution in [3.05, 3.63) is 35.9 Å². The quantitative estimate of drug-likeness (QED) is 0.830. The van der Waals surface area contributed by atoms with E-state index in [4.69, 9.17) is 0 Å². The number of sulfone groups is 1. The molecule has 0 saturated carbocycles. The molecule has 1 heterocycles. The fraction of sp³-hybridized carbons (Fsp3) is 0.533. The lowest BCUT2D eigenvalue weighted by Crippen LogP contribution is -2.44. The van der Waals surface area contributed by atoms with Gasteiger partial charge in [0.25, 0.3) is 0 Å². The van der Waals surface area contributed by atoms with E-state index >= 15 is 0 Å². The van der Waals surface area contributed by atoms with Crippen molar-refractivity contribution < 1.29 is 13.2 Å². The molecule has 21 heavy (non-hydrogen) atoms. The lowest BCUT2D eigenvalue weighted by molar-refractivity contribution is -0.136. The third kappa shape index (κ3) is 3.63. The maximum atomic E-state index is 12.8. The molecule has 1 fully saturated rings. The number of rotatable bonds is 4. The summed E-state index contributed by atoms with van der Waals surface area (Å²) < 4.78 is 23.2. The molecule has 2 rings (SSSR count). The van der Waals surface area contributed by atoms with E-state index in [1.165, 1.54) is 0 Å². The summed E-state index contributed by atoms with van der Waals surface area (Å²) in [5.74, 6) is 0.186. The van der Waals surface area contributed by atoms with Crippen LogP contribution in [0.3, 0.4) is 0 Å². The second kappa shape index (κ2) is 6.15. The summed E-state index contributed by atoms with van der Waals surface area (Å²) in [5, 5.41) is 0. The first kappa shape index (κ1) is 16.0. The number of hydrogen-bond donors (Lipinski definition) is 0. The molecule has 0 radical (unpaired) electrons. The van der Waals surface area contributed by atoms with Gasteiger partial charge in [0.1, 0.15) is 6.04 Å². The molecular weight excluding hydrogens is 288 g/mol. The Morgan fingerprint density at radius 3 is 2.29 bits per heavy atom. The summed E-state index contributed by atoms with van der Waals surface area (Å²) in [7, 11) is 2.42. The van der Waals surface area contributed by atoms with Gasteiger partial charge in [-0.3, -0.25) is 9.69 Å². The van der Waals surface area contributed by atoms with Gasteiger partial charge in [-0.2, -0.15) is 0 Å². The highest BCUT2D eigenvalue weighted by molar-refractivity contribution is 7.91. The number of amides is 1. The summed E-state index contributed by atoms with van der Waals surface area (Å²) in [5.41, 5.74) is 0.917. The van der Waals surface area contributed by atoms with Crippen LogP contribution in [0.15, 0.2) is 30.3 Å². The monoisotopic (exact) mass is 310 g/mol. The Morgan fingerprint density at radius 2 is 1.81 bits per heavy atom. The summed E-state index contributed by atoms with van der Waals surface area (Å²) in [6, 6.07) is 8.95. The van der Waals surface area contributed by atoms with E-state index < -0.39 is 9.84 Å². The van der Waals surface area contributed by atoms with Crippen LogP contribution in [0.25, 0.3) is 0 Å². The average molecular weight is 310 g/mol. The molecule has 0 aliphatic carbocycles. The van der Waals surface area contributed by atoms with Gasteiger partial charge in [0, 0.05) is 13.1 Å². The van der Waals surface area contributed by atoms with Gasteiger partial charge in [0.05, 0.1) is 11.5 Å². The molecule has 116 valence electrons. The Bertz CT molecular complexity index is 599. The molecule has 5 nitrogen and oxygen atoms in total. The Kier molecular flexibility index (Phi) is 4.68. The molecule has 1 amide bonds. The molecule has 0 bridgehead atoms. The number of benzene rings is 1. The molecule has 0 aromatic heterocycles. The smallest absolute Gasteiger partial charge is 0.244 e. The van der Waals surface area contributed by atoms with E-state index in [-0.39, 0.29) is 29.5 Å². The van der Waals surface area contributed by atoms with E-state index in [9.17, 15) is 13.2 Å². The van der Waals surface area contributed by atoms with Crippen LogP contribution in [-0.4, -0.2) is 62.8 Å². The molecule has 1 aromatic carbocycles. The number of carbonyl (C=O) groups is 1. The van der Waals surface area contributed by atoms with Crippen LogP contribution in [0, 0.1) is 0 Å². The van der Waals surface area contributed by atoms with Crippen molar-refractivity contribution in [2.75, 3.05) is 32.6 Å². The second-order valence-corrected chi connectivity index (χ2v) is 8.01. The third-order valence-corrected chi connectivity index (χ3v) is 5.72. The maximum absolute atomic E-state index is 12.8. The fourth-order valence-corrected chi connectivity index (χ4v) is 4.52. The Balaban J connectivity index is 2.20. The van der Waals surface area contributed by atoms with Gasteiger partial charge in [-0.1, -0.05) is 30.3 Å². The van der Waals surface area contributed by atoms with Crippen molar-refractivity contribution in [2.45, 2.75) is 18.5 Å². The van der Waals surface area contributed by atoms with Gasteiger partial charge in [0.15, 0.2) is 9.84 Å². The van der Waals surface area contributed by atoms with Crippen molar-refractivity contribution >= 4 is 15.7 Å². The molecule has 0 spiro atoms. The zero-order chi connectivity index (χ0) is 15.6. The lowest BCUT2D eigenvalue weighted by atomic mass is 10.0. The first-order valence-corrected chi connectivity index (χ1v) is 8.82. The van der Waals surface area contributed by atoms with Crippen LogP contribution in [0.2, 0.25) is 0 Å². The highest BCUT2D eigenvalue weighted by Crippen LogP contribution is 2.24. The van der Waals surface area contributed by atoms with E-state index in [1.807, 2.05) is 49.3 Å². The Hall–Kier alpha value is -1.40. The van der Waals surface area contributed by atoms with Gasteiger partial charge < -0.3 is 4.90 Å². The number of nitrogens with zero attached hydrogens (tertiary/aromatic N) is 2. The largest absolute Gasteiger partial charge is 0.340 e. The normalized spacial score (nSPS) is 22.2. The fourth-order valence-electron chi connectivity index (χ4n) is 2.75. The van der Waals surface area contributed by atoms with Crippen molar-refractivity contribution in [1.82, 2.24) is 9.80 Å². The SMILES string of the molecule is CN(C)C(C(=O)N(C)C1CCS(=O)(=O)C1)c1ccccc1.